The SMILES string of the molecule is COc1ccc(CN(C(=O)c2sc3cccc(F)c3c2C)C2CC2)cc1. The predicted molar refractivity (Wildman–Crippen MR) is 102 cm³/mol. The van der Waals surface area contributed by atoms with Crippen molar-refractivity contribution in [3.63, 3.8) is 0 Å². The zero-order valence-electron chi connectivity index (χ0n) is 14.8. The molecule has 3 nitrogen and oxygen atoms in total. The van der Waals surface area contributed by atoms with Crippen LogP contribution in [0.15, 0.2) is 42.5 Å². The first kappa shape index (κ1) is 17.0. The van der Waals surface area contributed by atoms with E-state index in [-0.39, 0.29) is 17.8 Å². The van der Waals surface area contributed by atoms with E-state index in [9.17, 15) is 9.18 Å². The Hall–Kier alpha value is -2.40. The molecule has 0 radical (unpaired) electrons. The van der Waals surface area contributed by atoms with Gasteiger partial charge in [-0.15, -0.1) is 11.3 Å². The summed E-state index contributed by atoms with van der Waals surface area (Å²) in [5.74, 6) is 0.540. The molecule has 0 N–H and O–H groups in total. The predicted octanol–water partition coefficient (Wildman–Crippen LogP) is 5.16. The summed E-state index contributed by atoms with van der Waals surface area (Å²) >= 11 is 1.39. The van der Waals surface area contributed by atoms with Crippen molar-refractivity contribution in [2.75, 3.05) is 7.11 Å². The molecule has 1 fully saturated rings. The molecule has 1 aliphatic carbocycles. The van der Waals surface area contributed by atoms with Gasteiger partial charge in [0.1, 0.15) is 11.6 Å². The first-order chi connectivity index (χ1) is 12.6. The number of benzene rings is 2. The number of fused-ring (bicyclic) bond motifs is 1. The average Bonchev–Trinajstić information content (AvgIpc) is 3.43. The fourth-order valence-corrected chi connectivity index (χ4v) is 4.45. The van der Waals surface area contributed by atoms with E-state index in [0.29, 0.717) is 16.8 Å². The highest BCUT2D eigenvalue weighted by atomic mass is 32.1. The normalized spacial score (nSPS) is 13.8. The molecule has 0 bridgehead atoms. The summed E-state index contributed by atoms with van der Waals surface area (Å²) in [6, 6.07) is 13.1. The Labute approximate surface area is 156 Å². The molecule has 0 spiro atoms. The number of hydrogen-bond acceptors (Lipinski definition) is 3. The highest BCUT2D eigenvalue weighted by Crippen LogP contribution is 2.36. The lowest BCUT2D eigenvalue weighted by Crippen LogP contribution is -2.32. The van der Waals surface area contributed by atoms with Crippen LogP contribution < -0.4 is 4.74 Å². The van der Waals surface area contributed by atoms with E-state index in [1.165, 1.54) is 17.4 Å². The molecule has 1 amide bonds. The molecule has 5 heteroatoms. The Morgan fingerprint density at radius 1 is 1.23 bits per heavy atom. The molecule has 3 aromatic rings. The zero-order chi connectivity index (χ0) is 18.3. The van der Waals surface area contributed by atoms with E-state index in [0.717, 1.165) is 34.4 Å². The molecule has 1 aromatic heterocycles. The number of methoxy groups -OCH3 is 1. The van der Waals surface area contributed by atoms with Crippen LogP contribution >= 0.6 is 11.3 Å². The number of rotatable bonds is 5. The van der Waals surface area contributed by atoms with E-state index in [2.05, 4.69) is 0 Å². The second-order valence-corrected chi connectivity index (χ2v) is 7.73. The number of amides is 1. The van der Waals surface area contributed by atoms with Crippen LogP contribution in [-0.4, -0.2) is 24.0 Å². The average molecular weight is 369 g/mol. The summed E-state index contributed by atoms with van der Waals surface area (Å²) in [6.45, 7) is 2.40. The Morgan fingerprint density at radius 3 is 2.58 bits per heavy atom. The van der Waals surface area contributed by atoms with Gasteiger partial charge in [-0.2, -0.15) is 0 Å². The first-order valence-corrected chi connectivity index (χ1v) is 9.51. The van der Waals surface area contributed by atoms with Crippen molar-refractivity contribution in [2.45, 2.75) is 32.4 Å². The van der Waals surface area contributed by atoms with Crippen molar-refractivity contribution in [3.05, 3.63) is 64.3 Å². The smallest absolute Gasteiger partial charge is 0.264 e. The fraction of sp³-hybridized carbons (Fsp3) is 0.286. The van der Waals surface area contributed by atoms with E-state index in [1.807, 2.05) is 42.2 Å². The lowest BCUT2D eigenvalue weighted by atomic mass is 10.1. The van der Waals surface area contributed by atoms with Crippen LogP contribution in [0.25, 0.3) is 10.1 Å². The van der Waals surface area contributed by atoms with E-state index in [4.69, 9.17) is 4.74 Å². The van der Waals surface area contributed by atoms with Crippen LogP contribution in [0.3, 0.4) is 0 Å². The molecular formula is C21H20FNO2S. The number of ether oxygens (including phenoxy) is 1. The van der Waals surface area contributed by atoms with Gasteiger partial charge in [0.2, 0.25) is 0 Å². The minimum absolute atomic E-state index is 0.00131. The summed E-state index contributed by atoms with van der Waals surface area (Å²) in [4.78, 5) is 15.8. The number of carbonyl (C=O) groups is 1. The number of aryl methyl sites for hydroxylation is 1. The van der Waals surface area contributed by atoms with Gasteiger partial charge in [0.25, 0.3) is 5.91 Å². The molecule has 4 rings (SSSR count). The number of halogens is 1. The molecular weight excluding hydrogens is 349 g/mol. The van der Waals surface area contributed by atoms with Crippen LogP contribution in [0.5, 0.6) is 5.75 Å². The maximum atomic E-state index is 14.2. The minimum atomic E-state index is -0.261. The molecule has 0 atom stereocenters. The van der Waals surface area contributed by atoms with Crippen molar-refractivity contribution in [3.8, 4) is 5.75 Å². The third kappa shape index (κ3) is 3.07. The fourth-order valence-electron chi connectivity index (χ4n) is 3.27. The van der Waals surface area contributed by atoms with Gasteiger partial charge in [-0.1, -0.05) is 18.2 Å². The van der Waals surface area contributed by atoms with Crippen molar-refractivity contribution < 1.29 is 13.9 Å². The molecule has 0 aliphatic heterocycles. The summed E-state index contributed by atoms with van der Waals surface area (Å²) in [7, 11) is 1.64. The van der Waals surface area contributed by atoms with Gasteiger partial charge < -0.3 is 9.64 Å². The van der Waals surface area contributed by atoms with E-state index in [1.54, 1.807) is 13.2 Å². The molecule has 1 saturated carbocycles. The van der Waals surface area contributed by atoms with Crippen molar-refractivity contribution in [1.29, 1.82) is 0 Å². The third-order valence-corrected chi connectivity index (χ3v) is 6.10. The number of carbonyl (C=O) groups excluding carboxylic acids is 1. The Balaban J connectivity index is 1.65. The van der Waals surface area contributed by atoms with Gasteiger partial charge in [0.05, 0.1) is 12.0 Å². The maximum absolute atomic E-state index is 14.2. The van der Waals surface area contributed by atoms with Crippen LogP contribution in [0.2, 0.25) is 0 Å². The number of hydrogen-bond donors (Lipinski definition) is 0. The van der Waals surface area contributed by atoms with Gasteiger partial charge >= 0.3 is 0 Å². The van der Waals surface area contributed by atoms with Gasteiger partial charge in [-0.3, -0.25) is 4.79 Å². The molecule has 0 unspecified atom stereocenters. The second kappa shape index (κ2) is 6.72. The first-order valence-electron chi connectivity index (χ1n) is 8.70. The second-order valence-electron chi connectivity index (χ2n) is 6.68. The standard InChI is InChI=1S/C21H20FNO2S/c1-13-19-17(22)4-3-5-18(19)26-20(13)21(24)23(15-8-9-15)12-14-6-10-16(25-2)11-7-14/h3-7,10-11,15H,8-9,12H2,1-2H3. The minimum Gasteiger partial charge on any atom is -0.497 e. The third-order valence-electron chi connectivity index (χ3n) is 4.86. The Morgan fingerprint density at radius 2 is 1.96 bits per heavy atom. The maximum Gasteiger partial charge on any atom is 0.264 e. The van der Waals surface area contributed by atoms with Gasteiger partial charge in [-0.05, 0) is 55.2 Å². The largest absolute Gasteiger partial charge is 0.497 e. The highest BCUT2D eigenvalue weighted by molar-refractivity contribution is 7.21. The lowest BCUT2D eigenvalue weighted by Gasteiger charge is -2.22. The van der Waals surface area contributed by atoms with Gasteiger partial charge in [0.15, 0.2) is 0 Å². The molecule has 26 heavy (non-hydrogen) atoms. The van der Waals surface area contributed by atoms with Crippen molar-refractivity contribution in [2.24, 2.45) is 0 Å². The summed E-state index contributed by atoms with van der Waals surface area (Å²) in [6.07, 6.45) is 2.06. The van der Waals surface area contributed by atoms with Crippen molar-refractivity contribution in [1.82, 2.24) is 4.90 Å². The van der Waals surface area contributed by atoms with Crippen LogP contribution in [-0.2, 0) is 6.54 Å². The van der Waals surface area contributed by atoms with Gasteiger partial charge in [-0.25, -0.2) is 4.39 Å². The summed E-state index contributed by atoms with van der Waals surface area (Å²) < 4.78 is 20.2. The summed E-state index contributed by atoms with van der Waals surface area (Å²) in [5.41, 5.74) is 1.81. The Kier molecular flexibility index (Phi) is 4.41. The van der Waals surface area contributed by atoms with Crippen LogP contribution in [0.4, 0.5) is 4.39 Å². The number of thiophene rings is 1. The van der Waals surface area contributed by atoms with Crippen LogP contribution in [0.1, 0.15) is 33.6 Å². The molecule has 2 aromatic carbocycles. The van der Waals surface area contributed by atoms with E-state index < -0.39 is 0 Å². The zero-order valence-corrected chi connectivity index (χ0v) is 15.6. The topological polar surface area (TPSA) is 29.5 Å². The molecule has 1 aliphatic rings. The lowest BCUT2D eigenvalue weighted by molar-refractivity contribution is 0.0734. The van der Waals surface area contributed by atoms with Gasteiger partial charge in [0, 0.05) is 22.7 Å². The number of nitrogens with zero attached hydrogens (tertiary/aromatic N) is 1. The molecule has 1 heterocycles. The highest BCUT2D eigenvalue weighted by Gasteiger charge is 2.34. The monoisotopic (exact) mass is 369 g/mol. The molecule has 134 valence electrons. The van der Waals surface area contributed by atoms with Crippen molar-refractivity contribution >= 4 is 27.3 Å². The van der Waals surface area contributed by atoms with Crippen LogP contribution in [0, 0.1) is 12.7 Å². The van der Waals surface area contributed by atoms with E-state index >= 15 is 0 Å². The summed E-state index contributed by atoms with van der Waals surface area (Å²) in [5, 5.41) is 0.570. The quantitative estimate of drug-likeness (QED) is 0.621. The Bertz CT molecular complexity index is 960. The molecule has 0 saturated heterocycles.